The maximum Gasteiger partial charge on any atom is 0.472 e. The molecule has 0 bridgehead atoms. The summed E-state index contributed by atoms with van der Waals surface area (Å²) in [4.78, 5) is 34.7. The van der Waals surface area contributed by atoms with Gasteiger partial charge in [0.25, 0.3) is 0 Å². The topological polar surface area (TPSA) is 108 Å². The van der Waals surface area contributed by atoms with Crippen LogP contribution in [0.4, 0.5) is 0 Å². The number of rotatable bonds is 40. The largest absolute Gasteiger partial charge is 0.472 e. The van der Waals surface area contributed by atoms with Gasteiger partial charge in [0, 0.05) is 12.8 Å². The minimum atomic E-state index is -4.28. The molecule has 0 aromatic carbocycles. The first-order chi connectivity index (χ1) is 25.8. The van der Waals surface area contributed by atoms with Crippen LogP contribution in [0.5, 0.6) is 0 Å². The van der Waals surface area contributed by atoms with E-state index < -0.39 is 26.5 Å². The van der Waals surface area contributed by atoms with Crippen LogP contribution in [-0.2, 0) is 32.7 Å². The molecule has 9 heteroatoms. The average Bonchev–Trinajstić information content (AvgIpc) is 3.13. The second-order valence-electron chi connectivity index (χ2n) is 14.4. The number of phosphoric ester groups is 1. The summed E-state index contributed by atoms with van der Waals surface area (Å²) in [6.07, 6.45) is 44.8. The van der Waals surface area contributed by atoms with Crippen molar-refractivity contribution in [1.82, 2.24) is 0 Å². The van der Waals surface area contributed by atoms with Crippen molar-refractivity contribution in [2.24, 2.45) is 0 Å². The zero-order chi connectivity index (χ0) is 38.9. The Bertz CT molecular complexity index is 963. The molecule has 2 atom stereocenters. The van der Waals surface area contributed by atoms with Crippen molar-refractivity contribution in [2.75, 3.05) is 19.8 Å². The molecule has 0 saturated carbocycles. The standard InChI is InChI=1S/C44H81O8P/c1-4-7-9-11-13-15-17-19-21-22-23-25-26-28-30-32-34-36-38-43(45)49-40-42(41-51-53(47,48)50-6-3)52-44(46)39-37-35-33-31-29-27-24-20-18-16-14-12-10-8-5-2/h14,16,20-22,24,42H,4-13,15,17-19,23,25-41H2,1-3H3,(H,47,48)/b16-14-,22-21-,24-20-. The van der Waals surface area contributed by atoms with Gasteiger partial charge >= 0.3 is 19.8 Å². The predicted octanol–water partition coefficient (Wildman–Crippen LogP) is 13.6. The lowest BCUT2D eigenvalue weighted by molar-refractivity contribution is -0.161. The van der Waals surface area contributed by atoms with Crippen LogP contribution in [-0.4, -0.2) is 42.8 Å². The quantitative estimate of drug-likeness (QED) is 0.0284. The molecule has 0 rings (SSSR count). The van der Waals surface area contributed by atoms with E-state index in [4.69, 9.17) is 18.5 Å². The third kappa shape index (κ3) is 39.8. The van der Waals surface area contributed by atoms with Crippen LogP contribution in [0.2, 0.25) is 0 Å². The number of esters is 2. The number of ether oxygens (including phenoxy) is 2. The van der Waals surface area contributed by atoms with Gasteiger partial charge in [0.05, 0.1) is 13.2 Å². The van der Waals surface area contributed by atoms with E-state index in [9.17, 15) is 19.0 Å². The SMILES string of the molecule is CCCCC/C=C\C/C=C\CCCCCCCC(=O)OC(COC(=O)CCCCCCCCC/C=C\CCCCCCCCC)COP(=O)(O)OCC. The summed E-state index contributed by atoms with van der Waals surface area (Å²) in [6.45, 7) is 5.43. The van der Waals surface area contributed by atoms with Crippen LogP contribution < -0.4 is 0 Å². The Morgan fingerprint density at radius 1 is 0.509 bits per heavy atom. The number of allylic oxidation sites excluding steroid dienone is 6. The fourth-order valence-corrected chi connectivity index (χ4v) is 6.70. The summed E-state index contributed by atoms with van der Waals surface area (Å²) < 4.78 is 32.6. The zero-order valence-electron chi connectivity index (χ0n) is 34.4. The van der Waals surface area contributed by atoms with Crippen LogP contribution in [0.1, 0.15) is 207 Å². The van der Waals surface area contributed by atoms with Gasteiger partial charge in [-0.15, -0.1) is 0 Å². The number of carbonyl (C=O) groups excluding carboxylic acids is 2. The van der Waals surface area contributed by atoms with Crippen molar-refractivity contribution in [3.63, 3.8) is 0 Å². The average molecular weight is 769 g/mol. The molecule has 0 radical (unpaired) electrons. The molecule has 0 aliphatic rings. The van der Waals surface area contributed by atoms with Crippen molar-refractivity contribution >= 4 is 19.8 Å². The Morgan fingerprint density at radius 2 is 0.906 bits per heavy atom. The molecular formula is C44H81O8P. The predicted molar refractivity (Wildman–Crippen MR) is 221 cm³/mol. The molecule has 0 amide bonds. The Balaban J connectivity index is 4.09. The maximum atomic E-state index is 12.5. The second kappa shape index (κ2) is 39.9. The third-order valence-corrected chi connectivity index (χ3v) is 10.2. The Hall–Kier alpha value is -1.73. The van der Waals surface area contributed by atoms with Crippen molar-refractivity contribution in [3.8, 4) is 0 Å². The fourth-order valence-electron chi connectivity index (χ4n) is 5.95. The molecule has 53 heavy (non-hydrogen) atoms. The first-order valence-corrected chi connectivity index (χ1v) is 23.3. The zero-order valence-corrected chi connectivity index (χ0v) is 35.3. The van der Waals surface area contributed by atoms with Gasteiger partial charge in [-0.1, -0.05) is 153 Å². The van der Waals surface area contributed by atoms with Crippen molar-refractivity contribution in [3.05, 3.63) is 36.5 Å². The maximum absolute atomic E-state index is 12.5. The van der Waals surface area contributed by atoms with Gasteiger partial charge in [-0.2, -0.15) is 0 Å². The Kier molecular flexibility index (Phi) is 38.6. The Morgan fingerprint density at radius 3 is 1.40 bits per heavy atom. The molecule has 8 nitrogen and oxygen atoms in total. The first-order valence-electron chi connectivity index (χ1n) is 21.8. The number of hydrogen-bond acceptors (Lipinski definition) is 7. The molecule has 0 aromatic heterocycles. The van der Waals surface area contributed by atoms with Crippen LogP contribution in [0.25, 0.3) is 0 Å². The molecule has 0 fully saturated rings. The Labute approximate surface area is 325 Å². The second-order valence-corrected chi connectivity index (χ2v) is 15.8. The molecule has 0 aromatic rings. The minimum absolute atomic E-state index is 0.00319. The van der Waals surface area contributed by atoms with Gasteiger partial charge in [-0.25, -0.2) is 4.57 Å². The molecule has 0 aliphatic carbocycles. The van der Waals surface area contributed by atoms with E-state index in [-0.39, 0.29) is 32.0 Å². The lowest BCUT2D eigenvalue weighted by atomic mass is 10.1. The van der Waals surface area contributed by atoms with Crippen molar-refractivity contribution < 1.29 is 37.6 Å². The van der Waals surface area contributed by atoms with Gasteiger partial charge in [0.15, 0.2) is 6.10 Å². The van der Waals surface area contributed by atoms with Gasteiger partial charge in [-0.05, 0) is 77.6 Å². The normalized spacial score (nSPS) is 13.7. The molecule has 0 spiro atoms. The van der Waals surface area contributed by atoms with E-state index in [2.05, 4.69) is 50.3 Å². The highest BCUT2D eigenvalue weighted by atomic mass is 31.2. The van der Waals surface area contributed by atoms with E-state index in [0.717, 1.165) is 57.8 Å². The highest BCUT2D eigenvalue weighted by Crippen LogP contribution is 2.43. The van der Waals surface area contributed by atoms with Gasteiger partial charge in [-0.3, -0.25) is 18.6 Å². The number of phosphoric acid groups is 1. The van der Waals surface area contributed by atoms with E-state index in [0.29, 0.717) is 6.42 Å². The molecule has 2 unspecified atom stereocenters. The molecule has 1 N–H and O–H groups in total. The molecule has 0 aliphatic heterocycles. The van der Waals surface area contributed by atoms with Crippen LogP contribution in [0, 0.1) is 0 Å². The third-order valence-electron chi connectivity index (χ3n) is 9.17. The van der Waals surface area contributed by atoms with E-state index in [1.807, 2.05) is 0 Å². The van der Waals surface area contributed by atoms with Crippen molar-refractivity contribution in [1.29, 1.82) is 0 Å². The minimum Gasteiger partial charge on any atom is -0.462 e. The highest BCUT2D eigenvalue weighted by molar-refractivity contribution is 7.47. The van der Waals surface area contributed by atoms with Crippen LogP contribution in [0.3, 0.4) is 0 Å². The van der Waals surface area contributed by atoms with E-state index in [1.165, 1.54) is 109 Å². The monoisotopic (exact) mass is 769 g/mol. The lowest BCUT2D eigenvalue weighted by Crippen LogP contribution is -2.29. The summed E-state index contributed by atoms with van der Waals surface area (Å²) in [5.41, 5.74) is 0. The fraction of sp³-hybridized carbons (Fsp3) is 0.818. The highest BCUT2D eigenvalue weighted by Gasteiger charge is 2.25. The van der Waals surface area contributed by atoms with Crippen LogP contribution >= 0.6 is 7.82 Å². The van der Waals surface area contributed by atoms with E-state index >= 15 is 0 Å². The van der Waals surface area contributed by atoms with Gasteiger partial charge < -0.3 is 14.4 Å². The van der Waals surface area contributed by atoms with Crippen molar-refractivity contribution in [2.45, 2.75) is 213 Å². The molecule has 0 heterocycles. The molecule has 0 saturated heterocycles. The van der Waals surface area contributed by atoms with E-state index in [1.54, 1.807) is 6.92 Å². The smallest absolute Gasteiger partial charge is 0.462 e. The first kappa shape index (κ1) is 51.3. The lowest BCUT2D eigenvalue weighted by Gasteiger charge is -2.19. The summed E-state index contributed by atoms with van der Waals surface area (Å²) in [5.74, 6) is -0.816. The summed E-state index contributed by atoms with van der Waals surface area (Å²) in [7, 11) is -4.28. The molecular weight excluding hydrogens is 687 g/mol. The number of hydrogen-bond donors (Lipinski definition) is 1. The number of unbranched alkanes of at least 4 members (excludes halogenated alkanes) is 22. The summed E-state index contributed by atoms with van der Waals surface area (Å²) >= 11 is 0. The van der Waals surface area contributed by atoms with Gasteiger partial charge in [0.2, 0.25) is 0 Å². The van der Waals surface area contributed by atoms with Crippen LogP contribution in [0.15, 0.2) is 36.5 Å². The number of carbonyl (C=O) groups is 2. The summed E-state index contributed by atoms with van der Waals surface area (Å²) in [6, 6.07) is 0. The summed E-state index contributed by atoms with van der Waals surface area (Å²) in [5, 5.41) is 0. The molecule has 310 valence electrons. The van der Waals surface area contributed by atoms with Gasteiger partial charge in [0.1, 0.15) is 6.61 Å².